The molecule has 0 N–H and O–H groups in total. The summed E-state index contributed by atoms with van der Waals surface area (Å²) in [6.07, 6.45) is 5.71. The van der Waals surface area contributed by atoms with Gasteiger partial charge in [0.05, 0.1) is 0 Å². The first kappa shape index (κ1) is 13.4. The van der Waals surface area contributed by atoms with E-state index in [0.717, 1.165) is 18.4 Å². The molecule has 0 heterocycles. The molecular formula is C16H16O3. The number of Topliss-reactive ketones (excluding diaryl/α,β-unsaturated/α-hetero) is 1. The van der Waals surface area contributed by atoms with Crippen molar-refractivity contribution in [3.05, 3.63) is 42.0 Å². The monoisotopic (exact) mass is 256 g/mol. The number of allylic oxidation sites excluding steroid dienone is 1. The van der Waals surface area contributed by atoms with E-state index in [1.165, 1.54) is 6.08 Å². The fraction of sp³-hybridized carbons (Fsp3) is 0.312. The summed E-state index contributed by atoms with van der Waals surface area (Å²) in [7, 11) is 0. The van der Waals surface area contributed by atoms with E-state index in [0.29, 0.717) is 19.1 Å². The topological polar surface area (TPSA) is 51.2 Å². The molecule has 1 aromatic carbocycles. The van der Waals surface area contributed by atoms with Crippen molar-refractivity contribution < 1.29 is 14.4 Å². The number of aldehydes is 1. The average molecular weight is 256 g/mol. The third kappa shape index (κ3) is 2.70. The molecule has 3 nitrogen and oxygen atoms in total. The summed E-state index contributed by atoms with van der Waals surface area (Å²) in [5.41, 5.74) is -0.552. The van der Waals surface area contributed by atoms with Crippen LogP contribution in [0.4, 0.5) is 0 Å². The fourth-order valence-corrected chi connectivity index (χ4v) is 2.38. The molecule has 0 radical (unpaired) electrons. The van der Waals surface area contributed by atoms with Crippen molar-refractivity contribution in [3.8, 4) is 0 Å². The second kappa shape index (κ2) is 5.74. The molecule has 0 bridgehead atoms. The minimum absolute atomic E-state index is 0.239. The van der Waals surface area contributed by atoms with Crippen LogP contribution in [0.2, 0.25) is 0 Å². The summed E-state index contributed by atoms with van der Waals surface area (Å²) in [6, 6.07) is 9.34. The Morgan fingerprint density at radius 2 is 1.89 bits per heavy atom. The summed E-state index contributed by atoms with van der Waals surface area (Å²) in [5, 5.41) is 0. The van der Waals surface area contributed by atoms with E-state index in [1.807, 2.05) is 30.3 Å². The van der Waals surface area contributed by atoms with Crippen LogP contribution in [0.1, 0.15) is 31.2 Å². The summed E-state index contributed by atoms with van der Waals surface area (Å²) in [4.78, 5) is 35.4. The second-order valence-corrected chi connectivity index (χ2v) is 4.83. The first-order valence-electron chi connectivity index (χ1n) is 6.46. The van der Waals surface area contributed by atoms with Crippen LogP contribution in [0.15, 0.2) is 36.4 Å². The van der Waals surface area contributed by atoms with Crippen LogP contribution >= 0.6 is 0 Å². The fourth-order valence-electron chi connectivity index (χ4n) is 2.38. The zero-order valence-corrected chi connectivity index (χ0v) is 10.7. The lowest BCUT2D eigenvalue weighted by molar-refractivity contribution is -0.144. The molecule has 1 unspecified atom stereocenters. The Hall–Kier alpha value is -2.03. The van der Waals surface area contributed by atoms with Gasteiger partial charge in [0.25, 0.3) is 0 Å². The van der Waals surface area contributed by atoms with Gasteiger partial charge in [-0.15, -0.1) is 0 Å². The number of hydrogen-bond acceptors (Lipinski definition) is 3. The van der Waals surface area contributed by atoms with Crippen molar-refractivity contribution in [2.24, 2.45) is 5.41 Å². The zero-order chi connectivity index (χ0) is 13.7. The van der Waals surface area contributed by atoms with Crippen LogP contribution < -0.4 is 0 Å². The molecule has 0 aromatic heterocycles. The smallest absolute Gasteiger partial charge is 0.176 e. The summed E-state index contributed by atoms with van der Waals surface area (Å²) in [6.45, 7) is 0. The molecule has 3 heteroatoms. The molecule has 0 amide bonds. The Balaban J connectivity index is 2.20. The first-order valence-corrected chi connectivity index (χ1v) is 6.46. The van der Waals surface area contributed by atoms with E-state index < -0.39 is 11.2 Å². The second-order valence-electron chi connectivity index (χ2n) is 4.83. The summed E-state index contributed by atoms with van der Waals surface area (Å²) in [5.74, 6) is -0.632. The van der Waals surface area contributed by atoms with Crippen molar-refractivity contribution in [1.29, 1.82) is 0 Å². The van der Waals surface area contributed by atoms with Crippen molar-refractivity contribution in [2.45, 2.75) is 25.7 Å². The molecule has 1 fully saturated rings. The van der Waals surface area contributed by atoms with E-state index in [4.69, 9.17) is 0 Å². The van der Waals surface area contributed by atoms with Gasteiger partial charge in [-0.3, -0.25) is 9.59 Å². The highest BCUT2D eigenvalue weighted by atomic mass is 16.2. The molecule has 1 aliphatic carbocycles. The number of ketones is 2. The lowest BCUT2D eigenvalue weighted by atomic mass is 9.71. The Morgan fingerprint density at radius 3 is 2.53 bits per heavy atom. The number of carbonyl (C=O) groups is 3. The summed E-state index contributed by atoms with van der Waals surface area (Å²) >= 11 is 0. The van der Waals surface area contributed by atoms with Gasteiger partial charge in [-0.05, 0) is 24.5 Å². The SMILES string of the molecule is O=CC1(C(=O)/C=C/c2ccccc2)CCCCC1=O. The van der Waals surface area contributed by atoms with Crippen LogP contribution in [0.25, 0.3) is 6.08 Å². The van der Waals surface area contributed by atoms with Crippen LogP contribution in [-0.4, -0.2) is 17.9 Å². The average Bonchev–Trinajstić information content (AvgIpc) is 2.46. The number of carbonyl (C=O) groups excluding carboxylic acids is 3. The zero-order valence-electron chi connectivity index (χ0n) is 10.7. The van der Waals surface area contributed by atoms with Crippen molar-refractivity contribution >= 4 is 23.9 Å². The maximum absolute atomic E-state index is 12.2. The van der Waals surface area contributed by atoms with E-state index in [9.17, 15) is 14.4 Å². The number of rotatable bonds is 4. The minimum Gasteiger partial charge on any atom is -0.302 e. The van der Waals surface area contributed by atoms with E-state index >= 15 is 0 Å². The van der Waals surface area contributed by atoms with Crippen molar-refractivity contribution in [1.82, 2.24) is 0 Å². The quantitative estimate of drug-likeness (QED) is 0.472. The largest absolute Gasteiger partial charge is 0.302 e. The van der Waals surface area contributed by atoms with E-state index in [2.05, 4.69) is 0 Å². The van der Waals surface area contributed by atoms with E-state index in [-0.39, 0.29) is 5.78 Å². The first-order chi connectivity index (χ1) is 9.19. The maximum Gasteiger partial charge on any atom is 0.176 e. The Labute approximate surface area is 112 Å². The Kier molecular flexibility index (Phi) is 4.05. The molecule has 0 spiro atoms. The highest BCUT2D eigenvalue weighted by molar-refractivity contribution is 6.23. The van der Waals surface area contributed by atoms with Crippen molar-refractivity contribution in [3.63, 3.8) is 0 Å². The van der Waals surface area contributed by atoms with Gasteiger partial charge in [-0.25, -0.2) is 0 Å². The predicted molar refractivity (Wildman–Crippen MR) is 72.5 cm³/mol. The van der Waals surface area contributed by atoms with Crippen LogP contribution in [0.3, 0.4) is 0 Å². The molecule has 1 atom stereocenters. The van der Waals surface area contributed by atoms with Gasteiger partial charge >= 0.3 is 0 Å². The molecule has 2 rings (SSSR count). The van der Waals surface area contributed by atoms with Crippen LogP contribution in [-0.2, 0) is 14.4 Å². The molecule has 1 aromatic rings. The Morgan fingerprint density at radius 1 is 1.16 bits per heavy atom. The number of hydrogen-bond donors (Lipinski definition) is 0. The van der Waals surface area contributed by atoms with Crippen molar-refractivity contribution in [2.75, 3.05) is 0 Å². The third-order valence-corrected chi connectivity index (χ3v) is 3.59. The van der Waals surface area contributed by atoms with Gasteiger partial charge in [-0.2, -0.15) is 0 Å². The van der Waals surface area contributed by atoms with Crippen LogP contribution in [0, 0.1) is 5.41 Å². The highest BCUT2D eigenvalue weighted by Gasteiger charge is 2.45. The standard InChI is InChI=1S/C16H16O3/c17-12-16(11-5-4-8-14(16)18)15(19)10-9-13-6-2-1-3-7-13/h1-3,6-7,9-10,12H,4-5,8,11H2/b10-9+. The highest BCUT2D eigenvalue weighted by Crippen LogP contribution is 2.32. The van der Waals surface area contributed by atoms with Gasteiger partial charge in [0.2, 0.25) is 0 Å². The predicted octanol–water partition coefficient (Wildman–Crippen LogP) is 2.60. The lowest BCUT2D eigenvalue weighted by Crippen LogP contribution is -2.42. The molecule has 0 aliphatic heterocycles. The van der Waals surface area contributed by atoms with Gasteiger partial charge < -0.3 is 4.79 Å². The van der Waals surface area contributed by atoms with Gasteiger partial charge in [0, 0.05) is 6.42 Å². The maximum atomic E-state index is 12.2. The molecule has 1 saturated carbocycles. The molecule has 0 saturated heterocycles. The molecular weight excluding hydrogens is 240 g/mol. The lowest BCUT2D eigenvalue weighted by Gasteiger charge is -2.27. The molecule has 19 heavy (non-hydrogen) atoms. The van der Waals surface area contributed by atoms with Gasteiger partial charge in [-0.1, -0.05) is 42.8 Å². The minimum atomic E-state index is -1.43. The van der Waals surface area contributed by atoms with Gasteiger partial charge in [0.1, 0.15) is 11.7 Å². The number of benzene rings is 1. The van der Waals surface area contributed by atoms with Crippen LogP contribution in [0.5, 0.6) is 0 Å². The Bertz CT molecular complexity index is 516. The normalized spacial score (nSPS) is 23.5. The van der Waals surface area contributed by atoms with E-state index in [1.54, 1.807) is 6.08 Å². The third-order valence-electron chi connectivity index (χ3n) is 3.59. The molecule has 98 valence electrons. The van der Waals surface area contributed by atoms with Gasteiger partial charge in [0.15, 0.2) is 11.6 Å². The summed E-state index contributed by atoms with van der Waals surface area (Å²) < 4.78 is 0. The molecule has 1 aliphatic rings.